The van der Waals surface area contributed by atoms with Gasteiger partial charge in [0.1, 0.15) is 13.0 Å². The van der Waals surface area contributed by atoms with E-state index in [-0.39, 0.29) is 22.9 Å². The van der Waals surface area contributed by atoms with Crippen LogP contribution in [0.25, 0.3) is 17.6 Å². The summed E-state index contributed by atoms with van der Waals surface area (Å²) >= 11 is 0. The lowest BCUT2D eigenvalue weighted by Crippen LogP contribution is -2.25. The van der Waals surface area contributed by atoms with E-state index in [1.54, 1.807) is 4.90 Å². The number of rotatable bonds is 4. The van der Waals surface area contributed by atoms with E-state index >= 15 is 0 Å². The summed E-state index contributed by atoms with van der Waals surface area (Å²) in [6, 6.07) is 2.90. The van der Waals surface area contributed by atoms with Gasteiger partial charge < -0.3 is 4.90 Å². The third kappa shape index (κ3) is 4.09. The van der Waals surface area contributed by atoms with Gasteiger partial charge in [-0.25, -0.2) is 14.1 Å². The monoisotopic (exact) mass is 368 g/mol. The minimum absolute atomic E-state index is 0.0177. The Morgan fingerprint density at radius 1 is 1.19 bits per heavy atom. The highest BCUT2D eigenvalue weighted by atomic mass is 19.4. The second-order valence-electron chi connectivity index (χ2n) is 5.95. The van der Waals surface area contributed by atoms with Gasteiger partial charge in [-0.2, -0.15) is 13.2 Å². The van der Waals surface area contributed by atoms with E-state index in [4.69, 9.17) is 0 Å². The number of likely N-dealkylation sites (tertiary alicyclic amines) is 1. The maximum absolute atomic E-state index is 12.9. The van der Waals surface area contributed by atoms with Crippen molar-refractivity contribution in [3.63, 3.8) is 0 Å². The Balaban J connectivity index is 1.82. The molecule has 9 heteroatoms. The molecule has 0 radical (unpaired) electrons. The first-order valence-corrected chi connectivity index (χ1v) is 8.02. The number of hydrogen-bond acceptors (Lipinski definition) is 3. The zero-order chi connectivity index (χ0) is 18.7. The summed E-state index contributed by atoms with van der Waals surface area (Å²) in [5.41, 5.74) is -1.00. The van der Waals surface area contributed by atoms with Gasteiger partial charge in [0.15, 0.2) is 5.82 Å². The van der Waals surface area contributed by atoms with Gasteiger partial charge in [0.05, 0.1) is 5.56 Å². The molecule has 1 amide bonds. The fraction of sp³-hybridized carbons (Fsp3) is 0.353. The van der Waals surface area contributed by atoms with Crippen LogP contribution in [0.4, 0.5) is 17.6 Å². The normalized spacial score (nSPS) is 15.2. The largest absolute Gasteiger partial charge is 0.416 e. The smallest absolute Gasteiger partial charge is 0.339 e. The Morgan fingerprint density at radius 3 is 2.58 bits per heavy atom. The lowest BCUT2D eigenvalue weighted by atomic mass is 10.1. The van der Waals surface area contributed by atoms with Crippen molar-refractivity contribution < 1.29 is 22.4 Å². The van der Waals surface area contributed by atoms with Crippen LogP contribution in [0.15, 0.2) is 30.6 Å². The molecule has 0 bridgehead atoms. The fourth-order valence-electron chi connectivity index (χ4n) is 2.72. The Kier molecular flexibility index (Phi) is 5.06. The highest BCUT2D eigenvalue weighted by Crippen LogP contribution is 2.33. The minimum atomic E-state index is -4.59. The van der Waals surface area contributed by atoms with E-state index in [0.717, 1.165) is 25.0 Å². The first-order valence-electron chi connectivity index (χ1n) is 8.02. The number of benzene rings is 1. The first kappa shape index (κ1) is 18.1. The van der Waals surface area contributed by atoms with Crippen molar-refractivity contribution in [2.75, 3.05) is 13.1 Å². The van der Waals surface area contributed by atoms with E-state index in [9.17, 15) is 22.4 Å². The van der Waals surface area contributed by atoms with Gasteiger partial charge in [0.25, 0.3) is 0 Å². The number of nitrogens with zero attached hydrogens (tertiary/aromatic N) is 4. The molecule has 0 spiro atoms. The molecule has 5 nitrogen and oxygen atoms in total. The number of hydrogen-bond donors (Lipinski definition) is 0. The zero-order valence-corrected chi connectivity index (χ0v) is 13.7. The molecule has 0 saturated carbocycles. The van der Waals surface area contributed by atoms with Gasteiger partial charge in [-0.15, -0.1) is 5.10 Å². The fourth-order valence-corrected chi connectivity index (χ4v) is 2.72. The average molecular weight is 368 g/mol. The van der Waals surface area contributed by atoms with E-state index in [1.807, 2.05) is 0 Å². The Bertz CT molecular complexity index is 822. The number of amides is 1. The zero-order valence-electron chi connectivity index (χ0n) is 13.7. The van der Waals surface area contributed by atoms with E-state index in [0.29, 0.717) is 13.1 Å². The van der Waals surface area contributed by atoms with Crippen LogP contribution in [-0.4, -0.2) is 38.7 Å². The molecule has 138 valence electrons. The molecule has 26 heavy (non-hydrogen) atoms. The Hall–Kier alpha value is -2.71. The summed E-state index contributed by atoms with van der Waals surface area (Å²) < 4.78 is 52.9. The Morgan fingerprint density at radius 2 is 1.92 bits per heavy atom. The third-order valence-corrected chi connectivity index (χ3v) is 4.03. The van der Waals surface area contributed by atoms with Gasteiger partial charge in [-0.3, -0.25) is 4.79 Å². The predicted octanol–water partition coefficient (Wildman–Crippen LogP) is 3.53. The van der Waals surface area contributed by atoms with Crippen LogP contribution in [0.5, 0.6) is 0 Å². The van der Waals surface area contributed by atoms with Crippen LogP contribution in [-0.2, 0) is 17.6 Å². The minimum Gasteiger partial charge on any atom is -0.339 e. The number of carbonyl (C=O) groups excluding carboxylic acids is 1. The first-order chi connectivity index (χ1) is 12.4. The van der Waals surface area contributed by atoms with Crippen molar-refractivity contribution in [2.24, 2.45) is 0 Å². The molecular formula is C17H16F4N4O. The maximum atomic E-state index is 12.9. The second-order valence-corrected chi connectivity index (χ2v) is 5.95. The van der Waals surface area contributed by atoms with Crippen molar-refractivity contribution in [2.45, 2.75) is 25.7 Å². The van der Waals surface area contributed by atoms with Gasteiger partial charge >= 0.3 is 6.18 Å². The van der Waals surface area contributed by atoms with Gasteiger partial charge in [0, 0.05) is 30.9 Å². The molecule has 0 atom stereocenters. The van der Waals surface area contributed by atoms with Gasteiger partial charge in [-0.1, -0.05) is 0 Å². The molecule has 3 rings (SSSR count). The van der Waals surface area contributed by atoms with Crippen LogP contribution in [0.3, 0.4) is 0 Å². The standard InChI is InChI=1S/C17H16F4N4O/c18-10-12-7-13(9-14(8-12)17(19,20)21)16-22-11-25(23-16)6-3-15(26)24-4-1-2-5-24/h3,6-9,11H,1-2,4-5,10H2/b6-3-. The molecule has 2 aromatic rings. The summed E-state index contributed by atoms with van der Waals surface area (Å²) in [6.45, 7) is 0.395. The average Bonchev–Trinajstić information content (AvgIpc) is 3.30. The van der Waals surface area contributed by atoms with Crippen molar-refractivity contribution >= 4 is 12.1 Å². The SMILES string of the molecule is O=C(/C=C\n1cnc(-c2cc(CF)cc(C(F)(F)F)c2)n1)N1CCCC1. The van der Waals surface area contributed by atoms with Crippen LogP contribution >= 0.6 is 0 Å². The van der Waals surface area contributed by atoms with Crippen molar-refractivity contribution in [3.8, 4) is 11.4 Å². The topological polar surface area (TPSA) is 51.0 Å². The van der Waals surface area contributed by atoms with Gasteiger partial charge in [-0.05, 0) is 36.6 Å². The van der Waals surface area contributed by atoms with Gasteiger partial charge in [0.2, 0.25) is 5.91 Å². The quantitative estimate of drug-likeness (QED) is 0.613. The summed E-state index contributed by atoms with van der Waals surface area (Å²) in [5.74, 6) is -0.137. The molecule has 1 aliphatic heterocycles. The van der Waals surface area contributed by atoms with Crippen LogP contribution in [0.2, 0.25) is 0 Å². The van der Waals surface area contributed by atoms with E-state index < -0.39 is 18.4 Å². The number of carbonyl (C=O) groups is 1. The number of aromatic nitrogens is 3. The molecule has 0 aliphatic carbocycles. The van der Waals surface area contributed by atoms with E-state index in [2.05, 4.69) is 10.1 Å². The second kappa shape index (κ2) is 7.27. The molecule has 1 saturated heterocycles. The molecule has 1 aromatic heterocycles. The molecule has 0 N–H and O–H groups in total. The highest BCUT2D eigenvalue weighted by molar-refractivity contribution is 5.90. The molecule has 1 aliphatic rings. The third-order valence-electron chi connectivity index (χ3n) is 4.03. The van der Waals surface area contributed by atoms with Crippen LogP contribution in [0.1, 0.15) is 24.0 Å². The lowest BCUT2D eigenvalue weighted by Gasteiger charge is -2.11. The molecule has 2 heterocycles. The number of alkyl halides is 4. The Labute approximate surface area is 146 Å². The highest BCUT2D eigenvalue weighted by Gasteiger charge is 2.31. The van der Waals surface area contributed by atoms with E-state index in [1.165, 1.54) is 29.4 Å². The summed E-state index contributed by atoms with van der Waals surface area (Å²) in [6.07, 6.45) is 1.35. The summed E-state index contributed by atoms with van der Waals surface area (Å²) in [4.78, 5) is 17.6. The summed E-state index contributed by atoms with van der Waals surface area (Å²) in [5, 5.41) is 4.04. The predicted molar refractivity (Wildman–Crippen MR) is 86.4 cm³/mol. The molecule has 1 aromatic carbocycles. The molecule has 0 unspecified atom stereocenters. The van der Waals surface area contributed by atoms with Crippen LogP contribution < -0.4 is 0 Å². The maximum Gasteiger partial charge on any atom is 0.416 e. The molecular weight excluding hydrogens is 352 g/mol. The van der Waals surface area contributed by atoms with Crippen molar-refractivity contribution in [3.05, 3.63) is 41.7 Å². The van der Waals surface area contributed by atoms with Crippen molar-refractivity contribution in [1.29, 1.82) is 0 Å². The van der Waals surface area contributed by atoms with Crippen molar-refractivity contribution in [1.82, 2.24) is 19.7 Å². The van der Waals surface area contributed by atoms with Crippen LogP contribution in [0, 0.1) is 0 Å². The lowest BCUT2D eigenvalue weighted by molar-refractivity contribution is -0.137. The number of halogens is 4. The molecule has 1 fully saturated rings. The summed E-state index contributed by atoms with van der Waals surface area (Å²) in [7, 11) is 0.